The molecule has 1 aliphatic heterocycles. The zero-order valence-corrected chi connectivity index (χ0v) is 10.8. The summed E-state index contributed by atoms with van der Waals surface area (Å²) in [4.78, 5) is 2.31. The molecule has 16 heavy (non-hydrogen) atoms. The molecule has 0 aromatic heterocycles. The Morgan fingerprint density at radius 3 is 2.75 bits per heavy atom. The maximum atomic E-state index is 9.06. The number of hydrogen-bond acceptors (Lipinski definition) is 4. The molecule has 1 fully saturated rings. The smallest absolute Gasteiger partial charge is 0.104 e. The van der Waals surface area contributed by atoms with Crippen LogP contribution in [0.2, 0.25) is 0 Å². The van der Waals surface area contributed by atoms with Crippen LogP contribution in [0.5, 0.6) is 0 Å². The van der Waals surface area contributed by atoms with Gasteiger partial charge in [0.05, 0.1) is 12.2 Å². The molecule has 1 rings (SSSR count). The van der Waals surface area contributed by atoms with Gasteiger partial charge in [-0.3, -0.25) is 0 Å². The van der Waals surface area contributed by atoms with Gasteiger partial charge in [-0.05, 0) is 40.8 Å². The fourth-order valence-corrected chi connectivity index (χ4v) is 2.10. The Balaban J connectivity index is 2.40. The quantitative estimate of drug-likeness (QED) is 0.758. The van der Waals surface area contributed by atoms with Crippen molar-refractivity contribution in [2.75, 3.05) is 27.2 Å². The summed E-state index contributed by atoms with van der Waals surface area (Å²) in [6.07, 6.45) is 2.24. The zero-order valence-electron chi connectivity index (χ0n) is 10.8. The molecule has 3 unspecified atom stereocenters. The Morgan fingerprint density at radius 2 is 2.31 bits per heavy atom. The summed E-state index contributed by atoms with van der Waals surface area (Å²) in [6, 6.07) is 2.82. The number of likely N-dealkylation sites (N-methyl/N-ethyl adjacent to an activating group) is 1. The van der Waals surface area contributed by atoms with Crippen LogP contribution in [0.15, 0.2) is 0 Å². The first-order valence-corrected chi connectivity index (χ1v) is 5.94. The van der Waals surface area contributed by atoms with Crippen molar-refractivity contribution in [3.63, 3.8) is 0 Å². The van der Waals surface area contributed by atoms with E-state index < -0.39 is 5.54 Å². The lowest BCUT2D eigenvalue weighted by molar-refractivity contribution is 0.0816. The number of nitrogens with one attached hydrogen (secondary N) is 1. The topological polar surface area (TPSA) is 48.3 Å². The van der Waals surface area contributed by atoms with Crippen LogP contribution >= 0.6 is 0 Å². The Labute approximate surface area is 98.6 Å². The summed E-state index contributed by atoms with van der Waals surface area (Å²) in [5.74, 6) is 0. The van der Waals surface area contributed by atoms with E-state index in [4.69, 9.17) is 10.00 Å². The van der Waals surface area contributed by atoms with Crippen LogP contribution in [0, 0.1) is 11.3 Å². The molecule has 0 aliphatic carbocycles. The number of rotatable bonds is 5. The SMILES string of the molecule is CNC(C)(C#N)CCN(C)C1CCOC1C. The highest BCUT2D eigenvalue weighted by molar-refractivity contribution is 5.03. The Bertz CT molecular complexity index is 263. The lowest BCUT2D eigenvalue weighted by Crippen LogP contribution is -2.44. The number of ether oxygens (including phenoxy) is 1. The average Bonchev–Trinajstić information content (AvgIpc) is 2.72. The van der Waals surface area contributed by atoms with Crippen LogP contribution in [0.25, 0.3) is 0 Å². The van der Waals surface area contributed by atoms with E-state index in [0.29, 0.717) is 12.1 Å². The van der Waals surface area contributed by atoms with Gasteiger partial charge in [-0.15, -0.1) is 0 Å². The van der Waals surface area contributed by atoms with Crippen molar-refractivity contribution in [3.8, 4) is 6.07 Å². The Hall–Kier alpha value is -0.630. The van der Waals surface area contributed by atoms with E-state index >= 15 is 0 Å². The molecule has 1 saturated heterocycles. The largest absolute Gasteiger partial charge is 0.377 e. The van der Waals surface area contributed by atoms with Crippen molar-refractivity contribution in [1.29, 1.82) is 5.26 Å². The van der Waals surface area contributed by atoms with E-state index in [-0.39, 0.29) is 0 Å². The van der Waals surface area contributed by atoms with Crippen LogP contribution in [-0.4, -0.2) is 49.8 Å². The molecule has 0 bridgehead atoms. The van der Waals surface area contributed by atoms with Gasteiger partial charge >= 0.3 is 0 Å². The summed E-state index contributed by atoms with van der Waals surface area (Å²) >= 11 is 0. The van der Waals surface area contributed by atoms with E-state index in [0.717, 1.165) is 26.0 Å². The number of nitriles is 1. The van der Waals surface area contributed by atoms with Crippen molar-refractivity contribution in [2.45, 2.75) is 44.4 Å². The molecule has 4 nitrogen and oxygen atoms in total. The molecule has 0 amide bonds. The molecule has 1 aliphatic rings. The minimum Gasteiger partial charge on any atom is -0.377 e. The van der Waals surface area contributed by atoms with Gasteiger partial charge in [-0.2, -0.15) is 5.26 Å². The van der Waals surface area contributed by atoms with Gasteiger partial charge in [-0.1, -0.05) is 0 Å². The fourth-order valence-electron chi connectivity index (χ4n) is 2.10. The van der Waals surface area contributed by atoms with E-state index in [1.807, 2.05) is 14.0 Å². The van der Waals surface area contributed by atoms with Gasteiger partial charge in [-0.25, -0.2) is 0 Å². The Kier molecular flexibility index (Phi) is 4.72. The van der Waals surface area contributed by atoms with Crippen LogP contribution < -0.4 is 5.32 Å². The lowest BCUT2D eigenvalue weighted by Gasteiger charge is -2.29. The molecule has 0 aromatic rings. The number of hydrogen-bond donors (Lipinski definition) is 1. The molecule has 3 atom stereocenters. The van der Waals surface area contributed by atoms with Gasteiger partial charge in [0.1, 0.15) is 5.54 Å². The third-order valence-electron chi connectivity index (χ3n) is 3.67. The molecule has 1 N–H and O–H groups in total. The van der Waals surface area contributed by atoms with Gasteiger partial charge in [0, 0.05) is 19.2 Å². The van der Waals surface area contributed by atoms with Gasteiger partial charge in [0.15, 0.2) is 0 Å². The maximum absolute atomic E-state index is 9.06. The van der Waals surface area contributed by atoms with Crippen molar-refractivity contribution in [3.05, 3.63) is 0 Å². The molecule has 0 spiro atoms. The second-order valence-corrected chi connectivity index (χ2v) is 4.86. The van der Waals surface area contributed by atoms with E-state index in [1.54, 1.807) is 0 Å². The molecule has 0 saturated carbocycles. The second-order valence-electron chi connectivity index (χ2n) is 4.86. The van der Waals surface area contributed by atoms with Crippen molar-refractivity contribution < 1.29 is 4.74 Å². The highest BCUT2D eigenvalue weighted by Gasteiger charge is 2.29. The number of nitrogens with zero attached hydrogens (tertiary/aromatic N) is 2. The average molecular weight is 225 g/mol. The van der Waals surface area contributed by atoms with E-state index in [1.165, 1.54) is 0 Å². The summed E-state index contributed by atoms with van der Waals surface area (Å²) in [5, 5.41) is 12.1. The highest BCUT2D eigenvalue weighted by Crippen LogP contribution is 2.19. The standard InChI is InChI=1S/C12H23N3O/c1-10-11(5-8-16-10)15(4)7-6-12(2,9-13)14-3/h10-11,14H,5-8H2,1-4H3. The molecule has 92 valence electrons. The molecule has 4 heteroatoms. The normalized spacial score (nSPS) is 29.0. The summed E-state index contributed by atoms with van der Waals surface area (Å²) in [5.41, 5.74) is -0.420. The third-order valence-corrected chi connectivity index (χ3v) is 3.67. The van der Waals surface area contributed by atoms with Gasteiger partial charge in [0.25, 0.3) is 0 Å². The van der Waals surface area contributed by atoms with Crippen LogP contribution in [0.4, 0.5) is 0 Å². The van der Waals surface area contributed by atoms with Gasteiger partial charge < -0.3 is 15.0 Å². The molecular formula is C12H23N3O. The van der Waals surface area contributed by atoms with Crippen LogP contribution in [0.1, 0.15) is 26.7 Å². The minimum absolute atomic E-state index is 0.313. The first kappa shape index (κ1) is 13.4. The third kappa shape index (κ3) is 3.18. The monoisotopic (exact) mass is 225 g/mol. The predicted octanol–water partition coefficient (Wildman–Crippen LogP) is 0.987. The van der Waals surface area contributed by atoms with Crippen molar-refractivity contribution >= 4 is 0 Å². The summed E-state index contributed by atoms with van der Waals surface area (Å²) < 4.78 is 5.55. The maximum Gasteiger partial charge on any atom is 0.104 e. The molecular weight excluding hydrogens is 202 g/mol. The van der Waals surface area contributed by atoms with Gasteiger partial charge in [0.2, 0.25) is 0 Å². The highest BCUT2D eigenvalue weighted by atomic mass is 16.5. The van der Waals surface area contributed by atoms with Crippen LogP contribution in [0.3, 0.4) is 0 Å². The van der Waals surface area contributed by atoms with Crippen molar-refractivity contribution in [1.82, 2.24) is 10.2 Å². The van der Waals surface area contributed by atoms with E-state index in [9.17, 15) is 0 Å². The lowest BCUT2D eigenvalue weighted by atomic mass is 9.99. The molecule has 0 aromatic carbocycles. The predicted molar refractivity (Wildman–Crippen MR) is 64.1 cm³/mol. The fraction of sp³-hybridized carbons (Fsp3) is 0.917. The summed E-state index contributed by atoms with van der Waals surface area (Å²) in [7, 11) is 3.95. The summed E-state index contributed by atoms with van der Waals surface area (Å²) in [6.45, 7) is 5.84. The Morgan fingerprint density at radius 1 is 1.62 bits per heavy atom. The molecule has 1 heterocycles. The van der Waals surface area contributed by atoms with Crippen molar-refractivity contribution in [2.24, 2.45) is 0 Å². The molecule has 0 radical (unpaired) electrons. The zero-order chi connectivity index (χ0) is 12.2. The second kappa shape index (κ2) is 5.62. The van der Waals surface area contributed by atoms with E-state index in [2.05, 4.69) is 30.3 Å². The first-order valence-electron chi connectivity index (χ1n) is 5.94. The van der Waals surface area contributed by atoms with Crippen LogP contribution in [-0.2, 0) is 4.74 Å². The first-order chi connectivity index (χ1) is 7.52. The minimum atomic E-state index is -0.420.